The molecule has 7 heteroatoms. The van der Waals surface area contributed by atoms with E-state index in [2.05, 4.69) is 0 Å². The number of rotatable bonds is 7. The molecule has 28 heavy (non-hydrogen) atoms. The van der Waals surface area contributed by atoms with Crippen molar-refractivity contribution >= 4 is 34.5 Å². The van der Waals surface area contributed by atoms with Crippen molar-refractivity contribution in [2.24, 2.45) is 0 Å². The van der Waals surface area contributed by atoms with Crippen LogP contribution in [0.3, 0.4) is 0 Å². The largest absolute Gasteiger partial charge is 0.395 e. The Morgan fingerprint density at radius 1 is 1.11 bits per heavy atom. The van der Waals surface area contributed by atoms with Crippen molar-refractivity contribution in [3.63, 3.8) is 0 Å². The highest BCUT2D eigenvalue weighted by Crippen LogP contribution is 2.33. The van der Waals surface area contributed by atoms with Crippen LogP contribution in [0.15, 0.2) is 54.6 Å². The van der Waals surface area contributed by atoms with E-state index in [1.165, 1.54) is 4.90 Å². The summed E-state index contributed by atoms with van der Waals surface area (Å²) < 4.78 is 0. The van der Waals surface area contributed by atoms with Crippen molar-refractivity contribution in [1.29, 1.82) is 0 Å². The van der Waals surface area contributed by atoms with Crippen LogP contribution in [-0.2, 0) is 16.1 Å². The van der Waals surface area contributed by atoms with Crippen LogP contribution in [0.1, 0.15) is 17.5 Å². The zero-order chi connectivity index (χ0) is 20.1. The highest BCUT2D eigenvalue weighted by molar-refractivity contribution is 8.15. The highest BCUT2D eigenvalue weighted by atomic mass is 32.2. The summed E-state index contributed by atoms with van der Waals surface area (Å²) in [4.78, 5) is 40.5. The lowest BCUT2D eigenvalue weighted by molar-refractivity contribution is -0.133. The Morgan fingerprint density at radius 3 is 2.43 bits per heavy atom. The minimum absolute atomic E-state index is 0.0789. The number of aliphatic hydroxyl groups is 1. The molecule has 2 aromatic rings. The van der Waals surface area contributed by atoms with Crippen LogP contribution in [0.5, 0.6) is 0 Å². The van der Waals surface area contributed by atoms with Gasteiger partial charge in [0, 0.05) is 19.5 Å². The Bertz CT molecular complexity index is 854. The number of nitrogens with zero attached hydrogens (tertiary/aromatic N) is 2. The predicted molar refractivity (Wildman–Crippen MR) is 109 cm³/mol. The van der Waals surface area contributed by atoms with E-state index in [1.807, 2.05) is 49.4 Å². The molecule has 1 aliphatic heterocycles. The van der Waals surface area contributed by atoms with Gasteiger partial charge < -0.3 is 10.0 Å². The van der Waals surface area contributed by atoms with Gasteiger partial charge in [-0.05, 0) is 36.4 Å². The highest BCUT2D eigenvalue weighted by Gasteiger charge is 2.42. The molecule has 0 spiro atoms. The Balaban J connectivity index is 1.69. The van der Waals surface area contributed by atoms with Crippen molar-refractivity contribution in [2.75, 3.05) is 18.1 Å². The molecule has 1 N–H and O–H groups in total. The van der Waals surface area contributed by atoms with Gasteiger partial charge in [-0.15, -0.1) is 0 Å². The average molecular weight is 398 g/mol. The molecule has 2 aromatic carbocycles. The maximum atomic E-state index is 12.8. The number of aryl methyl sites for hydroxylation is 1. The van der Waals surface area contributed by atoms with Crippen LogP contribution in [-0.4, -0.2) is 45.5 Å². The van der Waals surface area contributed by atoms with Crippen molar-refractivity contribution < 1.29 is 19.5 Å². The summed E-state index contributed by atoms with van der Waals surface area (Å²) in [5, 5.41) is 8.18. The topological polar surface area (TPSA) is 77.9 Å². The van der Waals surface area contributed by atoms with E-state index in [0.717, 1.165) is 27.8 Å². The number of hydrogen-bond acceptors (Lipinski definition) is 5. The molecule has 3 amide bonds. The van der Waals surface area contributed by atoms with Gasteiger partial charge in [-0.25, -0.2) is 4.90 Å². The molecule has 0 aromatic heterocycles. The average Bonchev–Trinajstić information content (AvgIpc) is 2.96. The van der Waals surface area contributed by atoms with Crippen LogP contribution in [0.2, 0.25) is 0 Å². The fourth-order valence-corrected chi connectivity index (χ4v) is 3.99. The third-order valence-corrected chi connectivity index (χ3v) is 5.55. The van der Waals surface area contributed by atoms with Gasteiger partial charge in [0.15, 0.2) is 0 Å². The number of aliphatic hydroxyl groups excluding tert-OH is 1. The molecular weight excluding hydrogens is 376 g/mol. The fraction of sp³-hybridized carbons (Fsp3) is 0.286. The maximum Gasteiger partial charge on any atom is 0.293 e. The van der Waals surface area contributed by atoms with Gasteiger partial charge in [-0.3, -0.25) is 14.4 Å². The molecule has 6 nitrogen and oxygen atoms in total. The van der Waals surface area contributed by atoms with Crippen LogP contribution < -0.4 is 4.90 Å². The van der Waals surface area contributed by atoms with Crippen molar-refractivity contribution in [1.82, 2.24) is 4.90 Å². The fourth-order valence-electron chi connectivity index (χ4n) is 3.02. The van der Waals surface area contributed by atoms with E-state index in [4.69, 9.17) is 0 Å². The molecule has 3 rings (SSSR count). The number of thioether (sulfide) groups is 1. The van der Waals surface area contributed by atoms with Crippen LogP contribution in [0.25, 0.3) is 0 Å². The van der Waals surface area contributed by atoms with Crippen molar-refractivity contribution in [3.8, 4) is 0 Å². The van der Waals surface area contributed by atoms with E-state index in [1.54, 1.807) is 12.1 Å². The molecule has 1 heterocycles. The molecule has 1 unspecified atom stereocenters. The summed E-state index contributed by atoms with van der Waals surface area (Å²) in [7, 11) is 0. The van der Waals surface area contributed by atoms with Gasteiger partial charge in [0.05, 0.1) is 12.3 Å². The van der Waals surface area contributed by atoms with Gasteiger partial charge in [-0.1, -0.05) is 48.0 Å². The standard InChI is InChI=1S/C21H22N2O4S/c1-15-7-9-17(10-8-15)23-20(26)18(28-21(23)27)13-19(25)22(11-12-24)14-16-5-3-2-4-6-16/h2-10,18,24H,11-14H2,1H3. The van der Waals surface area contributed by atoms with E-state index >= 15 is 0 Å². The molecule has 1 aliphatic rings. The number of carbonyl (C=O) groups is 3. The van der Waals surface area contributed by atoms with Gasteiger partial charge in [0.2, 0.25) is 11.8 Å². The Labute approximate surface area is 168 Å². The number of anilines is 1. The van der Waals surface area contributed by atoms with Crippen molar-refractivity contribution in [2.45, 2.75) is 25.1 Å². The first kappa shape index (κ1) is 20.1. The summed E-state index contributed by atoms with van der Waals surface area (Å²) in [5.74, 6) is -0.641. The summed E-state index contributed by atoms with van der Waals surface area (Å²) in [5.41, 5.74) is 2.48. The van der Waals surface area contributed by atoms with Crippen LogP contribution in [0.4, 0.5) is 10.5 Å². The van der Waals surface area contributed by atoms with Crippen LogP contribution >= 0.6 is 11.8 Å². The Kier molecular flexibility index (Phi) is 6.49. The van der Waals surface area contributed by atoms with E-state index in [-0.39, 0.29) is 36.6 Å². The second kappa shape index (κ2) is 9.03. The molecule has 1 saturated heterocycles. The summed E-state index contributed by atoms with van der Waals surface area (Å²) in [6.45, 7) is 2.28. The Hall–Kier alpha value is -2.64. The van der Waals surface area contributed by atoms with E-state index in [0.29, 0.717) is 12.2 Å². The second-order valence-electron chi connectivity index (χ2n) is 6.61. The SMILES string of the molecule is Cc1ccc(N2C(=O)SC(CC(=O)N(CCO)Cc3ccccc3)C2=O)cc1. The first-order valence-electron chi connectivity index (χ1n) is 9.03. The number of carbonyl (C=O) groups excluding carboxylic acids is 3. The lowest BCUT2D eigenvalue weighted by Crippen LogP contribution is -2.37. The first-order valence-corrected chi connectivity index (χ1v) is 9.91. The monoisotopic (exact) mass is 398 g/mol. The minimum Gasteiger partial charge on any atom is -0.395 e. The van der Waals surface area contributed by atoms with Gasteiger partial charge in [0.25, 0.3) is 5.24 Å². The molecule has 1 atom stereocenters. The van der Waals surface area contributed by atoms with Gasteiger partial charge in [0.1, 0.15) is 5.25 Å². The normalized spacial score (nSPS) is 16.5. The zero-order valence-corrected chi connectivity index (χ0v) is 16.4. The molecule has 0 radical (unpaired) electrons. The van der Waals surface area contributed by atoms with E-state index < -0.39 is 5.25 Å². The predicted octanol–water partition coefficient (Wildman–Crippen LogP) is 2.97. The van der Waals surface area contributed by atoms with Gasteiger partial charge in [-0.2, -0.15) is 0 Å². The number of imide groups is 1. The zero-order valence-electron chi connectivity index (χ0n) is 15.6. The summed E-state index contributed by atoms with van der Waals surface area (Å²) >= 11 is 0.878. The quantitative estimate of drug-likeness (QED) is 0.776. The first-order chi connectivity index (χ1) is 13.5. The lowest BCUT2D eigenvalue weighted by Gasteiger charge is -2.23. The lowest BCUT2D eigenvalue weighted by atomic mass is 10.1. The molecular formula is C21H22N2O4S. The third-order valence-electron chi connectivity index (χ3n) is 4.51. The van der Waals surface area contributed by atoms with Crippen molar-refractivity contribution in [3.05, 3.63) is 65.7 Å². The number of hydrogen-bond donors (Lipinski definition) is 1. The van der Waals surface area contributed by atoms with E-state index in [9.17, 15) is 19.5 Å². The summed E-state index contributed by atoms with van der Waals surface area (Å²) in [6.07, 6.45) is -0.0789. The number of benzene rings is 2. The molecule has 0 aliphatic carbocycles. The third kappa shape index (κ3) is 4.61. The molecule has 1 fully saturated rings. The molecule has 146 valence electrons. The minimum atomic E-state index is -0.752. The summed E-state index contributed by atoms with van der Waals surface area (Å²) in [6, 6.07) is 16.6. The Morgan fingerprint density at radius 2 is 1.79 bits per heavy atom. The second-order valence-corrected chi connectivity index (χ2v) is 7.76. The molecule has 0 bridgehead atoms. The number of amides is 3. The molecule has 0 saturated carbocycles. The smallest absolute Gasteiger partial charge is 0.293 e. The maximum absolute atomic E-state index is 12.8. The van der Waals surface area contributed by atoms with Gasteiger partial charge >= 0.3 is 0 Å². The van der Waals surface area contributed by atoms with Crippen LogP contribution in [0, 0.1) is 6.92 Å².